The molecule has 2 aromatic rings. The van der Waals surface area contributed by atoms with Crippen LogP contribution in [-0.4, -0.2) is 16.6 Å². The highest BCUT2D eigenvalue weighted by Gasteiger charge is 2.17. The molecule has 0 aliphatic carbocycles. The number of imidazole rings is 1. The summed E-state index contributed by atoms with van der Waals surface area (Å²) in [6.45, 7) is 2.10. The van der Waals surface area contributed by atoms with Gasteiger partial charge in [-0.15, -0.1) is 0 Å². The van der Waals surface area contributed by atoms with Gasteiger partial charge in [-0.3, -0.25) is 4.57 Å². The van der Waals surface area contributed by atoms with E-state index in [9.17, 15) is 5.26 Å². The molecule has 1 N–H and O–H groups in total. The third-order valence-corrected chi connectivity index (χ3v) is 3.31. The standard InChI is InChI=1S/C15H15N5/c1-3-12(18-2)11-6-4-5-7-14(11)20-10-19-13(8-16)15(20)9-17/h4-7,10,12,18H,3H2,1-2H3. The van der Waals surface area contributed by atoms with Crippen molar-refractivity contribution in [3.63, 3.8) is 0 Å². The maximum absolute atomic E-state index is 9.25. The number of para-hydroxylation sites is 1. The van der Waals surface area contributed by atoms with Crippen LogP contribution in [0.5, 0.6) is 0 Å². The van der Waals surface area contributed by atoms with E-state index in [-0.39, 0.29) is 17.4 Å². The molecule has 5 nitrogen and oxygen atoms in total. The van der Waals surface area contributed by atoms with Crippen molar-refractivity contribution in [3.05, 3.63) is 47.5 Å². The zero-order chi connectivity index (χ0) is 14.5. The largest absolute Gasteiger partial charge is 0.313 e. The molecule has 100 valence electrons. The predicted octanol–water partition coefficient (Wildman–Crippen LogP) is 2.29. The number of nitrogens with zero attached hydrogens (tertiary/aromatic N) is 4. The molecule has 0 saturated carbocycles. The zero-order valence-electron chi connectivity index (χ0n) is 11.5. The number of hydrogen-bond acceptors (Lipinski definition) is 4. The van der Waals surface area contributed by atoms with E-state index >= 15 is 0 Å². The molecule has 0 amide bonds. The van der Waals surface area contributed by atoms with Crippen molar-refractivity contribution in [2.45, 2.75) is 19.4 Å². The summed E-state index contributed by atoms with van der Waals surface area (Å²) in [7, 11) is 1.91. The van der Waals surface area contributed by atoms with Gasteiger partial charge >= 0.3 is 0 Å². The second kappa shape index (κ2) is 6.01. The van der Waals surface area contributed by atoms with Crippen LogP contribution in [0.4, 0.5) is 0 Å². The van der Waals surface area contributed by atoms with Crippen LogP contribution < -0.4 is 5.32 Å². The minimum Gasteiger partial charge on any atom is -0.313 e. The minimum atomic E-state index is 0.153. The van der Waals surface area contributed by atoms with Gasteiger partial charge in [0.1, 0.15) is 18.5 Å². The zero-order valence-corrected chi connectivity index (χ0v) is 11.5. The quantitative estimate of drug-likeness (QED) is 0.920. The van der Waals surface area contributed by atoms with Crippen molar-refractivity contribution < 1.29 is 0 Å². The Morgan fingerprint density at radius 2 is 2.05 bits per heavy atom. The van der Waals surface area contributed by atoms with E-state index in [0.717, 1.165) is 17.7 Å². The SMILES string of the molecule is CCC(NC)c1ccccc1-n1cnc(C#N)c1C#N. The van der Waals surface area contributed by atoms with Crippen molar-refractivity contribution in [1.29, 1.82) is 10.5 Å². The summed E-state index contributed by atoms with van der Waals surface area (Å²) in [6, 6.07) is 12.0. The van der Waals surface area contributed by atoms with Crippen LogP contribution in [0, 0.1) is 22.7 Å². The van der Waals surface area contributed by atoms with Gasteiger partial charge in [-0.2, -0.15) is 10.5 Å². The number of aromatic nitrogens is 2. The van der Waals surface area contributed by atoms with Gasteiger partial charge in [0.15, 0.2) is 11.4 Å². The van der Waals surface area contributed by atoms with Crippen LogP contribution in [0.3, 0.4) is 0 Å². The summed E-state index contributed by atoms with van der Waals surface area (Å²) >= 11 is 0. The lowest BCUT2D eigenvalue weighted by Crippen LogP contribution is -2.17. The molecule has 5 heteroatoms. The smallest absolute Gasteiger partial charge is 0.177 e. The van der Waals surface area contributed by atoms with Gasteiger partial charge in [-0.25, -0.2) is 4.98 Å². The number of nitriles is 2. The maximum atomic E-state index is 9.25. The van der Waals surface area contributed by atoms with Crippen LogP contribution in [0.2, 0.25) is 0 Å². The van der Waals surface area contributed by atoms with Crippen molar-refractivity contribution in [3.8, 4) is 17.8 Å². The van der Waals surface area contributed by atoms with E-state index in [1.807, 2.05) is 37.4 Å². The molecular formula is C15H15N5. The first-order valence-corrected chi connectivity index (χ1v) is 6.40. The Labute approximate surface area is 118 Å². The second-order valence-electron chi connectivity index (χ2n) is 4.34. The first-order valence-electron chi connectivity index (χ1n) is 6.40. The molecule has 1 aromatic carbocycles. The molecule has 1 aromatic heterocycles. The molecule has 0 aliphatic rings. The molecular weight excluding hydrogens is 250 g/mol. The van der Waals surface area contributed by atoms with E-state index < -0.39 is 0 Å². The van der Waals surface area contributed by atoms with Gasteiger partial charge in [0.05, 0.1) is 5.69 Å². The summed E-state index contributed by atoms with van der Waals surface area (Å²) in [5, 5.41) is 21.5. The topological polar surface area (TPSA) is 77.4 Å². The average Bonchev–Trinajstić information content (AvgIpc) is 2.91. The first-order chi connectivity index (χ1) is 9.76. The third-order valence-electron chi connectivity index (χ3n) is 3.31. The summed E-state index contributed by atoms with van der Waals surface area (Å²) in [5.74, 6) is 0. The van der Waals surface area contributed by atoms with Crippen LogP contribution >= 0.6 is 0 Å². The monoisotopic (exact) mass is 265 g/mol. The first kappa shape index (κ1) is 13.8. The molecule has 1 atom stereocenters. The van der Waals surface area contributed by atoms with Crippen LogP contribution in [0.1, 0.15) is 36.3 Å². The van der Waals surface area contributed by atoms with Gasteiger partial charge in [0.2, 0.25) is 0 Å². The molecule has 0 spiro atoms. The number of benzene rings is 1. The van der Waals surface area contributed by atoms with Crippen LogP contribution in [0.15, 0.2) is 30.6 Å². The van der Waals surface area contributed by atoms with Gasteiger partial charge < -0.3 is 5.32 Å². The molecule has 20 heavy (non-hydrogen) atoms. The van der Waals surface area contributed by atoms with E-state index in [1.54, 1.807) is 4.57 Å². The highest BCUT2D eigenvalue weighted by atomic mass is 15.1. The van der Waals surface area contributed by atoms with E-state index in [1.165, 1.54) is 6.33 Å². The third kappa shape index (κ3) is 2.27. The normalized spacial score (nSPS) is 11.6. The summed E-state index contributed by atoms with van der Waals surface area (Å²) in [4.78, 5) is 3.99. The lowest BCUT2D eigenvalue weighted by molar-refractivity contribution is 0.574. The Morgan fingerprint density at radius 3 is 2.65 bits per heavy atom. The van der Waals surface area contributed by atoms with E-state index in [4.69, 9.17) is 5.26 Å². The highest BCUT2D eigenvalue weighted by Crippen LogP contribution is 2.25. The lowest BCUT2D eigenvalue weighted by atomic mass is 10.0. The Hall–Kier alpha value is -2.63. The lowest BCUT2D eigenvalue weighted by Gasteiger charge is -2.19. The van der Waals surface area contributed by atoms with E-state index in [2.05, 4.69) is 23.3 Å². The van der Waals surface area contributed by atoms with Gasteiger partial charge in [0, 0.05) is 6.04 Å². The number of hydrogen-bond donors (Lipinski definition) is 1. The Morgan fingerprint density at radius 1 is 1.30 bits per heavy atom. The minimum absolute atomic E-state index is 0.153. The molecule has 1 unspecified atom stereocenters. The summed E-state index contributed by atoms with van der Waals surface area (Å²) in [5.41, 5.74) is 2.38. The van der Waals surface area contributed by atoms with Crippen molar-refractivity contribution in [1.82, 2.24) is 14.9 Å². The molecule has 0 bridgehead atoms. The molecule has 0 radical (unpaired) electrons. The fourth-order valence-corrected chi connectivity index (χ4v) is 2.30. The fraction of sp³-hybridized carbons (Fsp3) is 0.267. The Kier molecular flexibility index (Phi) is 4.14. The van der Waals surface area contributed by atoms with Crippen molar-refractivity contribution >= 4 is 0 Å². The van der Waals surface area contributed by atoms with Crippen molar-refractivity contribution in [2.24, 2.45) is 0 Å². The Bertz CT molecular complexity index is 683. The van der Waals surface area contributed by atoms with E-state index in [0.29, 0.717) is 0 Å². The van der Waals surface area contributed by atoms with Crippen molar-refractivity contribution in [2.75, 3.05) is 7.05 Å². The maximum Gasteiger partial charge on any atom is 0.177 e. The second-order valence-corrected chi connectivity index (χ2v) is 4.34. The predicted molar refractivity (Wildman–Crippen MR) is 75.1 cm³/mol. The number of nitrogens with one attached hydrogen (secondary N) is 1. The average molecular weight is 265 g/mol. The highest BCUT2D eigenvalue weighted by molar-refractivity contribution is 5.49. The summed E-state index contributed by atoms with van der Waals surface area (Å²) < 4.78 is 1.67. The molecule has 2 rings (SSSR count). The van der Waals surface area contributed by atoms with Gasteiger partial charge in [0.25, 0.3) is 0 Å². The molecule has 0 fully saturated rings. The van der Waals surface area contributed by atoms with Gasteiger partial charge in [-0.1, -0.05) is 25.1 Å². The fourth-order valence-electron chi connectivity index (χ4n) is 2.30. The molecule has 1 heterocycles. The Balaban J connectivity index is 2.63. The molecule has 0 saturated heterocycles. The number of rotatable bonds is 4. The summed E-state index contributed by atoms with van der Waals surface area (Å²) in [6.07, 6.45) is 2.45. The van der Waals surface area contributed by atoms with Crippen LogP contribution in [0.25, 0.3) is 5.69 Å². The van der Waals surface area contributed by atoms with Gasteiger partial charge in [-0.05, 0) is 25.1 Å². The molecule has 0 aliphatic heterocycles. The van der Waals surface area contributed by atoms with Crippen LogP contribution in [-0.2, 0) is 0 Å².